The third kappa shape index (κ3) is 3.93. The van der Waals surface area contributed by atoms with Gasteiger partial charge in [-0.25, -0.2) is 9.97 Å². The Hall–Kier alpha value is -1.61. The number of ether oxygens (including phenoxy) is 1. The van der Waals surface area contributed by atoms with Crippen LogP contribution in [0.1, 0.15) is 36.8 Å². The Bertz CT molecular complexity index is 532. The second-order valence-corrected chi connectivity index (χ2v) is 5.15. The van der Waals surface area contributed by atoms with E-state index in [1.165, 1.54) is 5.56 Å². The predicted molar refractivity (Wildman–Crippen MR) is 76.6 cm³/mol. The molecule has 0 aliphatic carbocycles. The first-order chi connectivity index (χ1) is 9.04. The minimum atomic E-state index is 0.322. The van der Waals surface area contributed by atoms with Crippen LogP contribution >= 0.6 is 11.6 Å². The number of rotatable bonds is 4. The molecule has 0 aliphatic rings. The van der Waals surface area contributed by atoms with E-state index in [1.54, 1.807) is 6.07 Å². The van der Waals surface area contributed by atoms with Crippen molar-refractivity contribution in [1.29, 1.82) is 0 Å². The number of hydrogen-bond donors (Lipinski definition) is 0. The van der Waals surface area contributed by atoms with Gasteiger partial charge in [0.15, 0.2) is 5.82 Å². The van der Waals surface area contributed by atoms with E-state index >= 15 is 0 Å². The molecule has 0 amide bonds. The maximum Gasteiger partial charge on any atom is 0.167 e. The Morgan fingerprint density at radius 3 is 2.42 bits per heavy atom. The van der Waals surface area contributed by atoms with Gasteiger partial charge in [-0.3, -0.25) is 0 Å². The van der Waals surface area contributed by atoms with Crippen LogP contribution in [0.25, 0.3) is 0 Å². The van der Waals surface area contributed by atoms with Crippen molar-refractivity contribution < 1.29 is 4.74 Å². The van der Waals surface area contributed by atoms with Crippen molar-refractivity contribution in [1.82, 2.24) is 9.97 Å². The highest BCUT2D eigenvalue weighted by molar-refractivity contribution is 6.29. The van der Waals surface area contributed by atoms with Crippen LogP contribution in [0.4, 0.5) is 0 Å². The van der Waals surface area contributed by atoms with Crippen molar-refractivity contribution in [3.8, 4) is 5.75 Å². The third-order valence-corrected chi connectivity index (χ3v) is 2.98. The van der Waals surface area contributed by atoms with Gasteiger partial charge in [0, 0.05) is 5.69 Å². The van der Waals surface area contributed by atoms with Crippen molar-refractivity contribution in [3.63, 3.8) is 0 Å². The van der Waals surface area contributed by atoms with E-state index < -0.39 is 0 Å². The Morgan fingerprint density at radius 1 is 1.16 bits per heavy atom. The fraction of sp³-hybridized carbons (Fsp3) is 0.333. The Kier molecular flexibility index (Phi) is 4.38. The highest BCUT2D eigenvalue weighted by Crippen LogP contribution is 2.19. The van der Waals surface area contributed by atoms with Crippen LogP contribution in [-0.2, 0) is 6.61 Å². The van der Waals surface area contributed by atoms with Gasteiger partial charge < -0.3 is 4.74 Å². The van der Waals surface area contributed by atoms with Crippen LogP contribution in [0.5, 0.6) is 5.75 Å². The summed E-state index contributed by atoms with van der Waals surface area (Å²) in [6.07, 6.45) is 0. The summed E-state index contributed by atoms with van der Waals surface area (Å²) in [4.78, 5) is 8.40. The van der Waals surface area contributed by atoms with Gasteiger partial charge in [0.05, 0.1) is 0 Å². The van der Waals surface area contributed by atoms with Crippen LogP contribution in [-0.4, -0.2) is 9.97 Å². The van der Waals surface area contributed by atoms with Crippen LogP contribution in [0, 0.1) is 6.92 Å². The normalized spacial score (nSPS) is 10.8. The molecule has 1 heterocycles. The average Bonchev–Trinajstić information content (AvgIpc) is 2.36. The molecule has 0 atom stereocenters. The maximum atomic E-state index is 5.88. The number of aryl methyl sites for hydroxylation is 1. The van der Waals surface area contributed by atoms with Gasteiger partial charge in [0.25, 0.3) is 0 Å². The molecule has 100 valence electrons. The summed E-state index contributed by atoms with van der Waals surface area (Å²) in [5, 5.41) is 0.446. The lowest BCUT2D eigenvalue weighted by Gasteiger charge is -2.08. The molecule has 0 fully saturated rings. The van der Waals surface area contributed by atoms with Gasteiger partial charge in [0.2, 0.25) is 0 Å². The molecule has 0 aliphatic heterocycles. The first-order valence-electron chi connectivity index (χ1n) is 6.27. The van der Waals surface area contributed by atoms with Crippen molar-refractivity contribution in [3.05, 3.63) is 52.6 Å². The Morgan fingerprint density at radius 2 is 1.84 bits per heavy atom. The lowest BCUT2D eigenvalue weighted by atomic mass is 10.0. The molecular formula is C15H17ClN2O. The van der Waals surface area contributed by atoms with Crippen molar-refractivity contribution in [2.24, 2.45) is 0 Å². The topological polar surface area (TPSA) is 35.0 Å². The molecule has 0 bridgehead atoms. The van der Waals surface area contributed by atoms with E-state index in [2.05, 4.69) is 35.9 Å². The Balaban J connectivity index is 2.02. The lowest BCUT2D eigenvalue weighted by Crippen LogP contribution is -2.03. The monoisotopic (exact) mass is 276 g/mol. The van der Waals surface area contributed by atoms with E-state index in [-0.39, 0.29) is 0 Å². The molecular weight excluding hydrogens is 260 g/mol. The quantitative estimate of drug-likeness (QED) is 0.787. The standard InChI is InChI=1S/C15H17ClN2O/c1-10(2)12-4-6-13(7-5-12)19-9-15-17-11(3)8-14(16)18-15/h4-8,10H,9H2,1-3H3. The molecule has 0 radical (unpaired) electrons. The minimum Gasteiger partial charge on any atom is -0.486 e. The molecule has 1 aromatic carbocycles. The maximum absolute atomic E-state index is 5.88. The number of nitrogens with zero attached hydrogens (tertiary/aromatic N) is 2. The van der Waals surface area contributed by atoms with Crippen LogP contribution < -0.4 is 4.74 Å². The number of aromatic nitrogens is 2. The first kappa shape index (κ1) is 13.8. The average molecular weight is 277 g/mol. The summed E-state index contributed by atoms with van der Waals surface area (Å²) in [6, 6.07) is 9.80. The van der Waals surface area contributed by atoms with E-state index in [9.17, 15) is 0 Å². The zero-order chi connectivity index (χ0) is 13.8. The van der Waals surface area contributed by atoms with E-state index in [0.29, 0.717) is 23.5 Å². The smallest absolute Gasteiger partial charge is 0.167 e. The molecule has 0 saturated carbocycles. The number of halogens is 1. The van der Waals surface area contributed by atoms with Gasteiger partial charge in [-0.2, -0.15) is 0 Å². The highest BCUT2D eigenvalue weighted by atomic mass is 35.5. The van der Waals surface area contributed by atoms with Gasteiger partial charge in [-0.05, 0) is 36.6 Å². The molecule has 2 aromatic rings. The minimum absolute atomic E-state index is 0.322. The summed E-state index contributed by atoms with van der Waals surface area (Å²) in [6.45, 7) is 6.54. The predicted octanol–water partition coefficient (Wildman–Crippen LogP) is 4.14. The third-order valence-electron chi connectivity index (χ3n) is 2.78. The summed E-state index contributed by atoms with van der Waals surface area (Å²) in [7, 11) is 0. The summed E-state index contributed by atoms with van der Waals surface area (Å²) >= 11 is 5.88. The van der Waals surface area contributed by atoms with E-state index in [0.717, 1.165) is 11.4 Å². The van der Waals surface area contributed by atoms with Gasteiger partial charge in [-0.1, -0.05) is 37.6 Å². The summed E-state index contributed by atoms with van der Waals surface area (Å²) in [5.41, 5.74) is 2.14. The van der Waals surface area contributed by atoms with Gasteiger partial charge >= 0.3 is 0 Å². The van der Waals surface area contributed by atoms with E-state index in [4.69, 9.17) is 16.3 Å². The second-order valence-electron chi connectivity index (χ2n) is 4.76. The van der Waals surface area contributed by atoms with Crippen LogP contribution in [0.15, 0.2) is 30.3 Å². The van der Waals surface area contributed by atoms with Crippen LogP contribution in [0.2, 0.25) is 5.15 Å². The highest BCUT2D eigenvalue weighted by Gasteiger charge is 2.03. The van der Waals surface area contributed by atoms with Crippen molar-refractivity contribution in [2.45, 2.75) is 33.3 Å². The van der Waals surface area contributed by atoms with Crippen molar-refractivity contribution >= 4 is 11.6 Å². The fourth-order valence-corrected chi connectivity index (χ4v) is 2.01. The first-order valence-corrected chi connectivity index (χ1v) is 6.65. The second kappa shape index (κ2) is 6.02. The molecule has 0 unspecified atom stereocenters. The van der Waals surface area contributed by atoms with Crippen molar-refractivity contribution in [2.75, 3.05) is 0 Å². The molecule has 2 rings (SSSR count). The van der Waals surface area contributed by atoms with Gasteiger partial charge in [-0.15, -0.1) is 0 Å². The molecule has 1 aromatic heterocycles. The molecule has 0 spiro atoms. The largest absolute Gasteiger partial charge is 0.486 e. The van der Waals surface area contributed by atoms with Gasteiger partial charge in [0.1, 0.15) is 17.5 Å². The molecule has 0 saturated heterocycles. The number of benzene rings is 1. The number of hydrogen-bond acceptors (Lipinski definition) is 3. The summed E-state index contributed by atoms with van der Waals surface area (Å²) < 4.78 is 5.65. The molecule has 4 heteroatoms. The molecule has 3 nitrogen and oxygen atoms in total. The zero-order valence-corrected chi connectivity index (χ0v) is 12.1. The lowest BCUT2D eigenvalue weighted by molar-refractivity contribution is 0.295. The summed E-state index contributed by atoms with van der Waals surface area (Å²) in [5.74, 6) is 1.93. The SMILES string of the molecule is Cc1cc(Cl)nc(COc2ccc(C(C)C)cc2)n1. The van der Waals surface area contributed by atoms with E-state index in [1.807, 2.05) is 19.1 Å². The zero-order valence-electron chi connectivity index (χ0n) is 11.4. The molecule has 0 N–H and O–H groups in total. The molecule has 19 heavy (non-hydrogen) atoms. The van der Waals surface area contributed by atoms with Crippen LogP contribution in [0.3, 0.4) is 0 Å². The Labute approximate surface area is 118 Å². The fourth-order valence-electron chi connectivity index (χ4n) is 1.75.